The van der Waals surface area contributed by atoms with E-state index in [0.717, 1.165) is 22.3 Å². The maximum Gasteiger partial charge on any atom is 0.251 e. The number of carbonyl (C=O) groups is 1. The molecule has 0 fully saturated rings. The first kappa shape index (κ1) is 16.0. The third-order valence-corrected chi connectivity index (χ3v) is 4.10. The van der Waals surface area contributed by atoms with Crippen molar-refractivity contribution in [2.45, 2.75) is 19.9 Å². The first-order valence-electron chi connectivity index (χ1n) is 8.24. The molecule has 4 rings (SSSR count). The summed E-state index contributed by atoms with van der Waals surface area (Å²) in [6.45, 7) is 3.74. The number of aromatic amines is 1. The third-order valence-electron chi connectivity index (χ3n) is 4.10. The van der Waals surface area contributed by atoms with Crippen molar-refractivity contribution in [1.29, 1.82) is 0 Å². The minimum atomic E-state index is -0.313. The van der Waals surface area contributed by atoms with E-state index in [1.807, 2.05) is 38.1 Å². The normalized spacial score (nSPS) is 12.2. The van der Waals surface area contributed by atoms with E-state index in [-0.39, 0.29) is 11.9 Å². The zero-order valence-electron chi connectivity index (χ0n) is 14.4. The number of fused-ring (bicyclic) bond motifs is 1. The molecule has 0 spiro atoms. The molecule has 26 heavy (non-hydrogen) atoms. The lowest BCUT2D eigenvalue weighted by molar-refractivity contribution is 0.0938. The van der Waals surface area contributed by atoms with Gasteiger partial charge in [0.1, 0.15) is 17.2 Å². The first-order valence-corrected chi connectivity index (χ1v) is 8.24. The second kappa shape index (κ2) is 6.44. The molecule has 0 unspecified atom stereocenters. The number of nitrogens with one attached hydrogen (secondary N) is 2. The number of carbonyl (C=O) groups excluding carboxylic acids is 1. The van der Waals surface area contributed by atoms with E-state index in [2.05, 4.69) is 25.5 Å². The summed E-state index contributed by atoms with van der Waals surface area (Å²) in [7, 11) is 0. The number of aryl methyl sites for hydroxylation is 1. The molecule has 0 bridgehead atoms. The number of furan rings is 1. The molecule has 0 radical (unpaired) electrons. The average Bonchev–Trinajstić information content (AvgIpc) is 3.27. The number of hydrogen-bond donors (Lipinski definition) is 2. The maximum atomic E-state index is 12.5. The molecule has 1 amide bonds. The zero-order chi connectivity index (χ0) is 18.1. The summed E-state index contributed by atoms with van der Waals surface area (Å²) in [6.07, 6.45) is 3.37. The van der Waals surface area contributed by atoms with Gasteiger partial charge in [0, 0.05) is 28.9 Å². The van der Waals surface area contributed by atoms with E-state index in [9.17, 15) is 4.79 Å². The fourth-order valence-corrected chi connectivity index (χ4v) is 2.76. The van der Waals surface area contributed by atoms with Gasteiger partial charge < -0.3 is 9.73 Å². The molecule has 7 heteroatoms. The van der Waals surface area contributed by atoms with E-state index in [1.54, 1.807) is 24.5 Å². The van der Waals surface area contributed by atoms with E-state index in [4.69, 9.17) is 4.42 Å². The molecule has 3 heterocycles. The van der Waals surface area contributed by atoms with Gasteiger partial charge in [-0.15, -0.1) is 0 Å². The van der Waals surface area contributed by atoms with Gasteiger partial charge in [0.2, 0.25) is 0 Å². The largest absolute Gasteiger partial charge is 0.461 e. The standard InChI is InChI=1S/C19H17N5O2/c1-11-9-15-10-14(3-4-16(15)26-11)19(25)21-12(2)17-22-18(24-23-17)13-5-7-20-8-6-13/h3-10,12H,1-2H3,(H,21,25)(H,22,23,24)/t12-/m0/s1. The first-order chi connectivity index (χ1) is 12.6. The number of pyridine rings is 1. The van der Waals surface area contributed by atoms with Crippen molar-refractivity contribution in [2.75, 3.05) is 0 Å². The van der Waals surface area contributed by atoms with Crippen LogP contribution in [0.15, 0.2) is 53.2 Å². The van der Waals surface area contributed by atoms with Crippen LogP contribution in [0.2, 0.25) is 0 Å². The Labute approximate surface area is 149 Å². The second-order valence-electron chi connectivity index (χ2n) is 6.08. The molecular weight excluding hydrogens is 330 g/mol. The summed E-state index contributed by atoms with van der Waals surface area (Å²) in [4.78, 5) is 21.0. The van der Waals surface area contributed by atoms with E-state index >= 15 is 0 Å². The Hall–Kier alpha value is -3.48. The summed E-state index contributed by atoms with van der Waals surface area (Å²) >= 11 is 0. The van der Waals surface area contributed by atoms with Gasteiger partial charge in [0.05, 0.1) is 6.04 Å². The van der Waals surface area contributed by atoms with Crippen LogP contribution in [0.1, 0.15) is 34.9 Å². The topological polar surface area (TPSA) is 96.7 Å². The molecule has 7 nitrogen and oxygen atoms in total. The molecular formula is C19H17N5O2. The highest BCUT2D eigenvalue weighted by molar-refractivity contribution is 5.98. The maximum absolute atomic E-state index is 12.5. The summed E-state index contributed by atoms with van der Waals surface area (Å²) < 4.78 is 5.54. The Bertz CT molecular complexity index is 1070. The van der Waals surface area contributed by atoms with E-state index < -0.39 is 0 Å². The van der Waals surface area contributed by atoms with Crippen LogP contribution in [0, 0.1) is 6.92 Å². The predicted octanol–water partition coefficient (Wildman–Crippen LogP) is 3.41. The Balaban J connectivity index is 1.51. The second-order valence-corrected chi connectivity index (χ2v) is 6.08. The van der Waals surface area contributed by atoms with Gasteiger partial charge in [-0.05, 0) is 50.2 Å². The van der Waals surface area contributed by atoms with Crippen molar-refractivity contribution in [3.8, 4) is 11.4 Å². The summed E-state index contributed by atoms with van der Waals surface area (Å²) in [5.74, 6) is 1.79. The molecule has 0 saturated carbocycles. The van der Waals surface area contributed by atoms with Gasteiger partial charge in [-0.3, -0.25) is 14.9 Å². The number of nitrogens with zero attached hydrogens (tertiary/aromatic N) is 3. The minimum Gasteiger partial charge on any atom is -0.461 e. The van der Waals surface area contributed by atoms with Gasteiger partial charge in [-0.1, -0.05) is 0 Å². The summed E-state index contributed by atoms with van der Waals surface area (Å²) in [5.41, 5.74) is 2.20. The molecule has 1 aromatic carbocycles. The van der Waals surface area contributed by atoms with Crippen molar-refractivity contribution in [3.05, 3.63) is 65.9 Å². The molecule has 1 atom stereocenters. The van der Waals surface area contributed by atoms with Crippen LogP contribution in [-0.4, -0.2) is 26.1 Å². The Morgan fingerprint density at radius 2 is 2.00 bits per heavy atom. The van der Waals surface area contributed by atoms with Gasteiger partial charge in [0.25, 0.3) is 5.91 Å². The molecule has 0 aliphatic carbocycles. The minimum absolute atomic E-state index is 0.180. The Kier molecular flexibility index (Phi) is 3.96. The fourth-order valence-electron chi connectivity index (χ4n) is 2.76. The van der Waals surface area contributed by atoms with E-state index in [0.29, 0.717) is 17.2 Å². The zero-order valence-corrected chi connectivity index (χ0v) is 14.4. The molecule has 0 saturated heterocycles. The van der Waals surface area contributed by atoms with Crippen LogP contribution in [0.5, 0.6) is 0 Å². The van der Waals surface area contributed by atoms with Crippen molar-refractivity contribution >= 4 is 16.9 Å². The molecule has 0 aliphatic heterocycles. The fraction of sp³-hybridized carbons (Fsp3) is 0.158. The number of hydrogen-bond acceptors (Lipinski definition) is 5. The average molecular weight is 347 g/mol. The Morgan fingerprint density at radius 1 is 1.19 bits per heavy atom. The third kappa shape index (κ3) is 3.06. The van der Waals surface area contributed by atoms with Crippen molar-refractivity contribution < 1.29 is 9.21 Å². The highest BCUT2D eigenvalue weighted by Crippen LogP contribution is 2.21. The monoisotopic (exact) mass is 347 g/mol. The van der Waals surface area contributed by atoms with Gasteiger partial charge in [-0.25, -0.2) is 4.98 Å². The molecule has 0 aliphatic rings. The SMILES string of the molecule is Cc1cc2cc(C(=O)N[C@@H](C)c3nc(-c4ccncc4)n[nH]3)ccc2o1. The highest BCUT2D eigenvalue weighted by atomic mass is 16.3. The van der Waals surface area contributed by atoms with E-state index in [1.165, 1.54) is 0 Å². The molecule has 130 valence electrons. The number of amides is 1. The van der Waals surface area contributed by atoms with Crippen LogP contribution in [0.3, 0.4) is 0 Å². The van der Waals surface area contributed by atoms with Crippen LogP contribution < -0.4 is 5.32 Å². The van der Waals surface area contributed by atoms with Crippen LogP contribution in [0.4, 0.5) is 0 Å². The molecule has 4 aromatic rings. The van der Waals surface area contributed by atoms with Gasteiger partial charge in [0.15, 0.2) is 5.82 Å². The summed E-state index contributed by atoms with van der Waals surface area (Å²) in [6, 6.07) is 10.6. The number of benzene rings is 1. The van der Waals surface area contributed by atoms with Crippen molar-refractivity contribution in [1.82, 2.24) is 25.5 Å². The van der Waals surface area contributed by atoms with Crippen molar-refractivity contribution in [3.63, 3.8) is 0 Å². The van der Waals surface area contributed by atoms with Crippen LogP contribution in [0.25, 0.3) is 22.4 Å². The summed E-state index contributed by atoms with van der Waals surface area (Å²) in [5, 5.41) is 10.9. The lowest BCUT2D eigenvalue weighted by atomic mass is 10.1. The van der Waals surface area contributed by atoms with Gasteiger partial charge in [-0.2, -0.15) is 5.10 Å². The van der Waals surface area contributed by atoms with Crippen LogP contribution >= 0.6 is 0 Å². The van der Waals surface area contributed by atoms with Crippen molar-refractivity contribution in [2.24, 2.45) is 0 Å². The number of aromatic nitrogens is 4. The molecule has 2 N–H and O–H groups in total. The lowest BCUT2D eigenvalue weighted by Gasteiger charge is -2.11. The van der Waals surface area contributed by atoms with Crippen LogP contribution in [-0.2, 0) is 0 Å². The molecule has 3 aromatic heterocycles. The Morgan fingerprint density at radius 3 is 2.81 bits per heavy atom. The number of rotatable bonds is 4. The smallest absolute Gasteiger partial charge is 0.251 e. The lowest BCUT2D eigenvalue weighted by Crippen LogP contribution is -2.27. The predicted molar refractivity (Wildman–Crippen MR) is 96.4 cm³/mol. The van der Waals surface area contributed by atoms with Gasteiger partial charge >= 0.3 is 0 Å². The quantitative estimate of drug-likeness (QED) is 0.590. The number of H-pyrrole nitrogens is 1. The highest BCUT2D eigenvalue weighted by Gasteiger charge is 2.16.